The number of carbonyl (C=O) groups is 2. The monoisotopic (exact) mass is 301 g/mol. The molecule has 2 aromatic rings. The van der Waals surface area contributed by atoms with Gasteiger partial charge in [-0.1, -0.05) is 0 Å². The normalized spacial score (nSPS) is 10.1. The van der Waals surface area contributed by atoms with E-state index in [4.69, 9.17) is 4.74 Å². The molecule has 0 saturated heterocycles. The summed E-state index contributed by atoms with van der Waals surface area (Å²) in [7, 11) is 3.38. The van der Waals surface area contributed by atoms with Gasteiger partial charge >= 0.3 is 0 Å². The van der Waals surface area contributed by atoms with Crippen LogP contribution in [0.15, 0.2) is 42.6 Å². The number of aryl methyl sites for hydroxylation is 1. The second-order valence-corrected chi connectivity index (χ2v) is 4.74. The van der Waals surface area contributed by atoms with E-state index in [1.54, 1.807) is 61.3 Å². The molecule has 0 fully saturated rings. The highest BCUT2D eigenvalue weighted by Gasteiger charge is 2.08. The van der Waals surface area contributed by atoms with Gasteiger partial charge in [0.15, 0.2) is 0 Å². The van der Waals surface area contributed by atoms with E-state index in [0.29, 0.717) is 30.1 Å². The molecular weight excluding hydrogens is 282 g/mol. The van der Waals surface area contributed by atoms with Gasteiger partial charge in [-0.05, 0) is 36.4 Å². The minimum absolute atomic E-state index is 0.161. The summed E-state index contributed by atoms with van der Waals surface area (Å²) in [5, 5.41) is 5.51. The first kappa shape index (κ1) is 15.6. The van der Waals surface area contributed by atoms with E-state index in [0.717, 1.165) is 0 Å². The van der Waals surface area contributed by atoms with Gasteiger partial charge in [0.25, 0.3) is 11.8 Å². The number of methoxy groups -OCH3 is 1. The number of carbonyl (C=O) groups excluding carboxylic acids is 2. The standard InChI is InChI=1S/C16H19N3O3/c1-19-11-3-4-14(19)16(21)18-10-9-17-15(20)12-5-7-13(22-2)8-6-12/h3-8,11H,9-10H2,1-2H3,(H,17,20)(H,18,21). The smallest absolute Gasteiger partial charge is 0.267 e. The summed E-state index contributed by atoms with van der Waals surface area (Å²) in [6.45, 7) is 0.729. The Bertz CT molecular complexity index is 647. The van der Waals surface area contributed by atoms with Crippen LogP contribution in [0, 0.1) is 0 Å². The highest BCUT2D eigenvalue weighted by atomic mass is 16.5. The lowest BCUT2D eigenvalue weighted by Gasteiger charge is -2.08. The van der Waals surface area contributed by atoms with Crippen LogP contribution in [-0.4, -0.2) is 36.6 Å². The molecule has 2 amide bonds. The van der Waals surface area contributed by atoms with Crippen LogP contribution in [0.2, 0.25) is 0 Å². The molecule has 1 aromatic carbocycles. The van der Waals surface area contributed by atoms with Crippen LogP contribution < -0.4 is 15.4 Å². The molecular formula is C16H19N3O3. The van der Waals surface area contributed by atoms with Gasteiger partial charge in [0.05, 0.1) is 7.11 Å². The van der Waals surface area contributed by atoms with Crippen LogP contribution in [0.25, 0.3) is 0 Å². The van der Waals surface area contributed by atoms with Gasteiger partial charge in [-0.2, -0.15) is 0 Å². The SMILES string of the molecule is COc1ccc(C(=O)NCCNC(=O)c2cccn2C)cc1. The summed E-state index contributed by atoms with van der Waals surface area (Å²) in [6, 6.07) is 10.4. The Morgan fingerprint density at radius 1 is 1.05 bits per heavy atom. The van der Waals surface area contributed by atoms with E-state index < -0.39 is 0 Å². The zero-order chi connectivity index (χ0) is 15.9. The molecule has 6 heteroatoms. The molecule has 0 unspecified atom stereocenters. The molecule has 0 spiro atoms. The molecule has 2 rings (SSSR count). The predicted octanol–water partition coefficient (Wildman–Crippen LogP) is 1.19. The fraction of sp³-hybridized carbons (Fsp3) is 0.250. The maximum Gasteiger partial charge on any atom is 0.267 e. The van der Waals surface area contributed by atoms with Crippen LogP contribution >= 0.6 is 0 Å². The summed E-state index contributed by atoms with van der Waals surface area (Å²) < 4.78 is 6.78. The molecule has 0 aliphatic heterocycles. The zero-order valence-electron chi connectivity index (χ0n) is 12.6. The Hall–Kier alpha value is -2.76. The molecule has 1 heterocycles. The van der Waals surface area contributed by atoms with Crippen molar-refractivity contribution in [2.45, 2.75) is 0 Å². The Balaban J connectivity index is 1.75. The van der Waals surface area contributed by atoms with Gasteiger partial charge in [-0.3, -0.25) is 9.59 Å². The number of nitrogens with one attached hydrogen (secondary N) is 2. The largest absolute Gasteiger partial charge is 0.497 e. The van der Waals surface area contributed by atoms with Crippen LogP contribution in [0.1, 0.15) is 20.8 Å². The summed E-state index contributed by atoms with van der Waals surface area (Å²) in [5.74, 6) is 0.355. The molecule has 0 aliphatic rings. The molecule has 6 nitrogen and oxygen atoms in total. The number of benzene rings is 1. The highest BCUT2D eigenvalue weighted by Crippen LogP contribution is 2.10. The van der Waals surface area contributed by atoms with E-state index in [1.807, 2.05) is 0 Å². The number of hydrogen-bond donors (Lipinski definition) is 2. The fourth-order valence-corrected chi connectivity index (χ4v) is 1.98. The maximum absolute atomic E-state index is 11.9. The van der Waals surface area contributed by atoms with Crippen molar-refractivity contribution in [2.24, 2.45) is 7.05 Å². The molecule has 0 aliphatic carbocycles. The molecule has 22 heavy (non-hydrogen) atoms. The Kier molecular flexibility index (Phi) is 5.19. The first-order valence-electron chi connectivity index (χ1n) is 6.93. The topological polar surface area (TPSA) is 72.4 Å². The van der Waals surface area contributed by atoms with E-state index in [9.17, 15) is 9.59 Å². The van der Waals surface area contributed by atoms with Gasteiger partial charge < -0.3 is 19.9 Å². The van der Waals surface area contributed by atoms with Gasteiger partial charge in [0.2, 0.25) is 0 Å². The van der Waals surface area contributed by atoms with Crippen molar-refractivity contribution in [1.29, 1.82) is 0 Å². The van der Waals surface area contributed by atoms with Crippen LogP contribution in [-0.2, 0) is 7.05 Å². The molecule has 0 saturated carbocycles. The number of ether oxygens (including phenoxy) is 1. The van der Waals surface area contributed by atoms with E-state index in [-0.39, 0.29) is 11.8 Å². The zero-order valence-corrected chi connectivity index (χ0v) is 12.6. The van der Waals surface area contributed by atoms with Gasteiger partial charge in [0, 0.05) is 31.9 Å². The highest BCUT2D eigenvalue weighted by molar-refractivity contribution is 5.94. The molecule has 0 bridgehead atoms. The molecule has 116 valence electrons. The third-order valence-electron chi connectivity index (χ3n) is 3.22. The van der Waals surface area contributed by atoms with Crippen molar-refractivity contribution in [3.8, 4) is 5.75 Å². The van der Waals surface area contributed by atoms with E-state index in [1.165, 1.54) is 0 Å². The van der Waals surface area contributed by atoms with Crippen LogP contribution in [0.3, 0.4) is 0 Å². The maximum atomic E-state index is 11.9. The number of amides is 2. The van der Waals surface area contributed by atoms with Gasteiger partial charge in [0.1, 0.15) is 11.4 Å². The quantitative estimate of drug-likeness (QED) is 0.787. The average Bonchev–Trinajstić information content (AvgIpc) is 2.97. The predicted molar refractivity (Wildman–Crippen MR) is 83.1 cm³/mol. The minimum atomic E-state index is -0.184. The average molecular weight is 301 g/mol. The number of hydrogen-bond acceptors (Lipinski definition) is 3. The summed E-state index contributed by atoms with van der Waals surface area (Å²) in [5.41, 5.74) is 1.14. The number of rotatable bonds is 6. The van der Waals surface area contributed by atoms with Crippen molar-refractivity contribution >= 4 is 11.8 Å². The van der Waals surface area contributed by atoms with E-state index in [2.05, 4.69) is 10.6 Å². The van der Waals surface area contributed by atoms with Gasteiger partial charge in [-0.15, -0.1) is 0 Å². The second-order valence-electron chi connectivity index (χ2n) is 4.74. The van der Waals surface area contributed by atoms with Crippen molar-refractivity contribution in [3.05, 3.63) is 53.9 Å². The lowest BCUT2D eigenvalue weighted by Crippen LogP contribution is -2.35. The summed E-state index contributed by atoms with van der Waals surface area (Å²) >= 11 is 0. The van der Waals surface area contributed by atoms with Crippen molar-refractivity contribution in [2.75, 3.05) is 20.2 Å². The second kappa shape index (κ2) is 7.31. The first-order valence-corrected chi connectivity index (χ1v) is 6.93. The molecule has 0 radical (unpaired) electrons. The number of nitrogens with zero attached hydrogens (tertiary/aromatic N) is 1. The van der Waals surface area contributed by atoms with E-state index >= 15 is 0 Å². The lowest BCUT2D eigenvalue weighted by molar-refractivity contribution is 0.0923. The number of aromatic nitrogens is 1. The Morgan fingerprint density at radius 2 is 1.68 bits per heavy atom. The van der Waals surface area contributed by atoms with Crippen molar-refractivity contribution in [3.63, 3.8) is 0 Å². The molecule has 0 atom stereocenters. The fourth-order valence-electron chi connectivity index (χ4n) is 1.98. The van der Waals surface area contributed by atoms with Crippen molar-refractivity contribution < 1.29 is 14.3 Å². The Labute approximate surface area is 129 Å². The lowest BCUT2D eigenvalue weighted by atomic mass is 10.2. The summed E-state index contributed by atoms with van der Waals surface area (Å²) in [4.78, 5) is 23.8. The third-order valence-corrected chi connectivity index (χ3v) is 3.22. The molecule has 2 N–H and O–H groups in total. The molecule has 1 aromatic heterocycles. The van der Waals surface area contributed by atoms with Crippen LogP contribution in [0.4, 0.5) is 0 Å². The van der Waals surface area contributed by atoms with Crippen molar-refractivity contribution in [1.82, 2.24) is 15.2 Å². The summed E-state index contributed by atoms with van der Waals surface area (Å²) in [6.07, 6.45) is 1.81. The first-order chi connectivity index (χ1) is 10.6. The van der Waals surface area contributed by atoms with Gasteiger partial charge in [-0.25, -0.2) is 0 Å². The Morgan fingerprint density at radius 3 is 2.23 bits per heavy atom. The van der Waals surface area contributed by atoms with Crippen LogP contribution in [0.5, 0.6) is 5.75 Å². The minimum Gasteiger partial charge on any atom is -0.497 e. The third kappa shape index (κ3) is 3.88.